The second-order valence-corrected chi connectivity index (χ2v) is 5.63. The summed E-state index contributed by atoms with van der Waals surface area (Å²) in [5.41, 5.74) is 1.28. The average molecular weight is 329 g/mol. The Morgan fingerprint density at radius 2 is 1.96 bits per heavy atom. The van der Waals surface area contributed by atoms with Crippen LogP contribution in [0.2, 0.25) is 5.02 Å². The predicted octanol–water partition coefficient (Wildman–Crippen LogP) is 4.54. The summed E-state index contributed by atoms with van der Waals surface area (Å²) in [6, 6.07) is 14.4. The fraction of sp³-hybridized carbons (Fsp3) is 0.111. The lowest BCUT2D eigenvalue weighted by atomic mass is 9.98. The molecule has 3 aromatic rings. The SMILES string of the molecule is O=C(CC(c1cccc(F)c1)n1cccn1)c1ccc(Cl)cc1. The minimum atomic E-state index is -0.358. The molecule has 5 heteroatoms. The van der Waals surface area contributed by atoms with Gasteiger partial charge in [0.2, 0.25) is 0 Å². The summed E-state index contributed by atoms with van der Waals surface area (Å²) in [5.74, 6) is -0.384. The number of hydrogen-bond acceptors (Lipinski definition) is 2. The Balaban J connectivity index is 1.90. The van der Waals surface area contributed by atoms with E-state index in [2.05, 4.69) is 5.10 Å². The summed E-state index contributed by atoms with van der Waals surface area (Å²) in [6.07, 6.45) is 3.59. The molecule has 0 bridgehead atoms. The number of carbonyl (C=O) groups is 1. The van der Waals surface area contributed by atoms with Crippen LogP contribution in [0.5, 0.6) is 0 Å². The van der Waals surface area contributed by atoms with Crippen LogP contribution in [0.15, 0.2) is 67.0 Å². The van der Waals surface area contributed by atoms with Crippen LogP contribution in [-0.2, 0) is 0 Å². The standard InChI is InChI=1S/C18H14ClFN2O/c19-15-7-5-13(6-8-15)18(23)12-17(22-10-2-9-21-22)14-3-1-4-16(20)11-14/h1-11,17H,12H2. The zero-order chi connectivity index (χ0) is 16.2. The molecule has 3 rings (SSSR count). The van der Waals surface area contributed by atoms with Crippen LogP contribution in [0.3, 0.4) is 0 Å². The molecule has 1 heterocycles. The van der Waals surface area contributed by atoms with Crippen LogP contribution in [0, 0.1) is 5.82 Å². The summed E-state index contributed by atoms with van der Waals surface area (Å²) in [4.78, 5) is 12.5. The molecule has 0 saturated carbocycles. The maximum absolute atomic E-state index is 13.5. The van der Waals surface area contributed by atoms with Crippen molar-refractivity contribution < 1.29 is 9.18 Å². The molecule has 3 nitrogen and oxygen atoms in total. The van der Waals surface area contributed by atoms with Gasteiger partial charge in [-0.3, -0.25) is 9.48 Å². The second-order valence-electron chi connectivity index (χ2n) is 5.19. The van der Waals surface area contributed by atoms with Crippen LogP contribution in [-0.4, -0.2) is 15.6 Å². The minimum absolute atomic E-state index is 0.0496. The quantitative estimate of drug-likeness (QED) is 0.645. The van der Waals surface area contributed by atoms with Crippen LogP contribution in [0.25, 0.3) is 0 Å². The van der Waals surface area contributed by atoms with Gasteiger partial charge in [-0.2, -0.15) is 5.10 Å². The highest BCUT2D eigenvalue weighted by atomic mass is 35.5. The van der Waals surface area contributed by atoms with Gasteiger partial charge in [0.25, 0.3) is 0 Å². The Bertz CT molecular complexity index is 800. The van der Waals surface area contributed by atoms with E-state index in [0.29, 0.717) is 16.1 Å². The van der Waals surface area contributed by atoms with Gasteiger partial charge in [-0.1, -0.05) is 23.7 Å². The number of rotatable bonds is 5. The summed E-state index contributed by atoms with van der Waals surface area (Å²) in [6.45, 7) is 0. The zero-order valence-electron chi connectivity index (χ0n) is 12.2. The van der Waals surface area contributed by atoms with Gasteiger partial charge in [-0.25, -0.2) is 4.39 Å². The van der Waals surface area contributed by atoms with E-state index >= 15 is 0 Å². The van der Waals surface area contributed by atoms with Crippen molar-refractivity contribution in [2.45, 2.75) is 12.5 Å². The first-order valence-corrected chi connectivity index (χ1v) is 7.54. The van der Waals surface area contributed by atoms with E-state index in [-0.39, 0.29) is 24.1 Å². The summed E-state index contributed by atoms with van der Waals surface area (Å²) >= 11 is 5.85. The monoisotopic (exact) mass is 328 g/mol. The summed E-state index contributed by atoms with van der Waals surface area (Å²) in [7, 11) is 0. The first-order chi connectivity index (χ1) is 11.1. The van der Waals surface area contributed by atoms with E-state index in [1.807, 2.05) is 0 Å². The van der Waals surface area contributed by atoms with Crippen LogP contribution < -0.4 is 0 Å². The molecule has 0 N–H and O–H groups in total. The van der Waals surface area contributed by atoms with Crippen LogP contribution in [0.1, 0.15) is 28.4 Å². The Labute approximate surface area is 138 Å². The molecule has 1 aromatic heterocycles. The molecule has 0 aliphatic rings. The first kappa shape index (κ1) is 15.4. The van der Waals surface area contributed by atoms with Crippen LogP contribution >= 0.6 is 11.6 Å². The van der Waals surface area contributed by atoms with Crippen molar-refractivity contribution in [1.29, 1.82) is 0 Å². The molecular formula is C18H14ClFN2O. The van der Waals surface area contributed by atoms with Gasteiger partial charge in [-0.15, -0.1) is 0 Å². The fourth-order valence-corrected chi connectivity index (χ4v) is 2.60. The molecule has 23 heavy (non-hydrogen) atoms. The summed E-state index contributed by atoms with van der Waals surface area (Å²) < 4.78 is 15.2. The van der Waals surface area contributed by atoms with Gasteiger partial charge in [-0.05, 0) is 48.0 Å². The molecule has 0 spiro atoms. The van der Waals surface area contributed by atoms with Crippen molar-refractivity contribution in [3.8, 4) is 0 Å². The van der Waals surface area contributed by atoms with Gasteiger partial charge in [0.15, 0.2) is 5.78 Å². The zero-order valence-corrected chi connectivity index (χ0v) is 12.9. The third-order valence-corrected chi connectivity index (χ3v) is 3.87. The largest absolute Gasteiger partial charge is 0.294 e. The third-order valence-electron chi connectivity index (χ3n) is 3.62. The van der Waals surface area contributed by atoms with Gasteiger partial charge in [0.05, 0.1) is 6.04 Å². The fourth-order valence-electron chi connectivity index (χ4n) is 2.47. The topological polar surface area (TPSA) is 34.9 Å². The van der Waals surface area contributed by atoms with E-state index in [0.717, 1.165) is 0 Å². The van der Waals surface area contributed by atoms with Gasteiger partial charge >= 0.3 is 0 Å². The lowest BCUT2D eigenvalue weighted by molar-refractivity contribution is 0.0967. The molecule has 0 aliphatic carbocycles. The van der Waals surface area contributed by atoms with Crippen LogP contribution in [0.4, 0.5) is 4.39 Å². The maximum atomic E-state index is 13.5. The molecule has 0 aliphatic heterocycles. The highest BCUT2D eigenvalue weighted by molar-refractivity contribution is 6.30. The Morgan fingerprint density at radius 3 is 2.61 bits per heavy atom. The van der Waals surface area contributed by atoms with E-state index in [4.69, 9.17) is 11.6 Å². The van der Waals surface area contributed by atoms with Crippen molar-refractivity contribution in [2.24, 2.45) is 0 Å². The number of aromatic nitrogens is 2. The molecule has 1 atom stereocenters. The first-order valence-electron chi connectivity index (χ1n) is 7.17. The normalized spacial score (nSPS) is 12.1. The summed E-state index contributed by atoms with van der Waals surface area (Å²) in [5, 5.41) is 4.78. The van der Waals surface area contributed by atoms with Gasteiger partial charge in [0.1, 0.15) is 5.82 Å². The third kappa shape index (κ3) is 3.66. The molecule has 0 saturated heterocycles. The second kappa shape index (κ2) is 6.75. The lowest BCUT2D eigenvalue weighted by Gasteiger charge is -2.17. The predicted molar refractivity (Wildman–Crippen MR) is 87.2 cm³/mol. The Kier molecular flexibility index (Phi) is 4.53. The Morgan fingerprint density at radius 1 is 1.17 bits per heavy atom. The van der Waals surface area contributed by atoms with E-state index < -0.39 is 0 Å². The molecule has 0 amide bonds. The van der Waals surface area contributed by atoms with Gasteiger partial charge in [0, 0.05) is 29.4 Å². The number of ketones is 1. The lowest BCUT2D eigenvalue weighted by Crippen LogP contribution is -2.16. The number of carbonyl (C=O) groups excluding carboxylic acids is 1. The van der Waals surface area contributed by atoms with Gasteiger partial charge < -0.3 is 0 Å². The van der Waals surface area contributed by atoms with E-state index in [1.54, 1.807) is 59.5 Å². The maximum Gasteiger partial charge on any atom is 0.165 e. The highest BCUT2D eigenvalue weighted by Crippen LogP contribution is 2.24. The molecule has 116 valence electrons. The number of nitrogens with zero attached hydrogens (tertiary/aromatic N) is 2. The smallest absolute Gasteiger partial charge is 0.165 e. The molecule has 1 unspecified atom stereocenters. The minimum Gasteiger partial charge on any atom is -0.294 e. The highest BCUT2D eigenvalue weighted by Gasteiger charge is 2.19. The number of halogens is 2. The van der Waals surface area contributed by atoms with E-state index in [9.17, 15) is 9.18 Å². The van der Waals surface area contributed by atoms with Crippen molar-refractivity contribution in [3.05, 3.63) is 89.0 Å². The van der Waals surface area contributed by atoms with Crippen molar-refractivity contribution in [3.63, 3.8) is 0 Å². The molecule has 0 fully saturated rings. The van der Waals surface area contributed by atoms with Crippen molar-refractivity contribution in [2.75, 3.05) is 0 Å². The molecule has 0 radical (unpaired) electrons. The number of hydrogen-bond donors (Lipinski definition) is 0. The van der Waals surface area contributed by atoms with Crippen molar-refractivity contribution in [1.82, 2.24) is 9.78 Å². The number of Topliss-reactive ketones (excluding diaryl/α,β-unsaturated/α-hetero) is 1. The average Bonchev–Trinajstić information content (AvgIpc) is 3.07. The molecule has 2 aromatic carbocycles. The molecular weight excluding hydrogens is 315 g/mol. The van der Waals surface area contributed by atoms with E-state index in [1.165, 1.54) is 12.1 Å². The number of benzene rings is 2. The Hall–Kier alpha value is -2.46. The van der Waals surface area contributed by atoms with Crippen molar-refractivity contribution >= 4 is 17.4 Å².